The van der Waals surface area contributed by atoms with Gasteiger partial charge in [0.1, 0.15) is 0 Å². The Morgan fingerprint density at radius 3 is 2.31 bits per heavy atom. The summed E-state index contributed by atoms with van der Waals surface area (Å²) in [6.07, 6.45) is 2.88. The lowest BCUT2D eigenvalue weighted by atomic mass is 10.1. The van der Waals surface area contributed by atoms with Gasteiger partial charge in [-0.05, 0) is 62.7 Å². The van der Waals surface area contributed by atoms with Gasteiger partial charge in [-0.15, -0.1) is 6.58 Å². The first-order chi connectivity index (χ1) is 6.25. The van der Waals surface area contributed by atoms with Gasteiger partial charge in [-0.3, -0.25) is 0 Å². The quantitative estimate of drug-likeness (QED) is 0.509. The van der Waals surface area contributed by atoms with Gasteiger partial charge in [0.25, 0.3) is 0 Å². The molecule has 68 valence electrons. The number of rotatable bonds is 3. The van der Waals surface area contributed by atoms with Crippen LogP contribution in [0.3, 0.4) is 0 Å². The van der Waals surface area contributed by atoms with Crippen molar-refractivity contribution in [2.24, 2.45) is 0 Å². The molecular formula is C11H10I2. The summed E-state index contributed by atoms with van der Waals surface area (Å²) in [6, 6.07) is 10.4. The summed E-state index contributed by atoms with van der Waals surface area (Å²) in [4.78, 5) is 0. The molecule has 0 heterocycles. The molecule has 0 saturated carbocycles. The maximum Gasteiger partial charge on any atom is 0.0555 e. The van der Waals surface area contributed by atoms with Crippen molar-refractivity contribution in [3.8, 4) is 0 Å². The van der Waals surface area contributed by atoms with Gasteiger partial charge in [0, 0.05) is 0 Å². The molecule has 13 heavy (non-hydrogen) atoms. The van der Waals surface area contributed by atoms with E-state index in [4.69, 9.17) is 0 Å². The average molecular weight is 396 g/mol. The van der Waals surface area contributed by atoms with Gasteiger partial charge in [-0.2, -0.15) is 0 Å². The minimum Gasteiger partial charge on any atom is -0.103 e. The van der Waals surface area contributed by atoms with Gasteiger partial charge in [0.2, 0.25) is 0 Å². The molecule has 1 aromatic carbocycles. The molecule has 0 atom stereocenters. The molecule has 0 saturated heterocycles. The van der Waals surface area contributed by atoms with Crippen LogP contribution in [-0.4, -0.2) is 0 Å². The molecular weight excluding hydrogens is 386 g/mol. The highest BCUT2D eigenvalue weighted by molar-refractivity contribution is 14.2. The van der Waals surface area contributed by atoms with Gasteiger partial charge in [0.15, 0.2) is 0 Å². The predicted molar refractivity (Wildman–Crippen MR) is 76.2 cm³/mol. The largest absolute Gasteiger partial charge is 0.103 e. The van der Waals surface area contributed by atoms with Crippen LogP contribution in [0.15, 0.2) is 44.6 Å². The highest BCUT2D eigenvalue weighted by Crippen LogP contribution is 2.30. The Hall–Kier alpha value is 0.160. The number of halogens is 2. The Labute approximate surface area is 106 Å². The lowest BCUT2D eigenvalue weighted by Gasteiger charge is -2.04. The molecule has 2 heteroatoms. The van der Waals surface area contributed by atoms with Gasteiger partial charge >= 0.3 is 0 Å². The Bertz CT molecular complexity index is 308. The second-order valence-electron chi connectivity index (χ2n) is 2.60. The van der Waals surface area contributed by atoms with E-state index in [0.29, 0.717) is 0 Å². The van der Waals surface area contributed by atoms with E-state index >= 15 is 0 Å². The first-order valence-electron chi connectivity index (χ1n) is 3.96. The van der Waals surface area contributed by atoms with Crippen molar-refractivity contribution >= 4 is 50.8 Å². The smallest absolute Gasteiger partial charge is 0.0555 e. The SMILES string of the molecule is C=CCC(=C(I)I)c1ccccc1. The van der Waals surface area contributed by atoms with Gasteiger partial charge < -0.3 is 0 Å². The molecule has 1 aromatic rings. The zero-order chi connectivity index (χ0) is 9.68. The summed E-state index contributed by atoms with van der Waals surface area (Å²) in [7, 11) is 0. The van der Waals surface area contributed by atoms with E-state index in [0.717, 1.165) is 6.42 Å². The molecule has 0 spiro atoms. The molecule has 0 nitrogen and oxygen atoms in total. The number of allylic oxidation sites excluding steroid dienone is 2. The molecule has 0 aliphatic rings. The molecule has 0 unspecified atom stereocenters. The van der Waals surface area contributed by atoms with E-state index in [-0.39, 0.29) is 0 Å². The van der Waals surface area contributed by atoms with Crippen molar-refractivity contribution in [1.82, 2.24) is 0 Å². The van der Waals surface area contributed by atoms with Crippen molar-refractivity contribution in [1.29, 1.82) is 0 Å². The summed E-state index contributed by atoms with van der Waals surface area (Å²) < 4.78 is 1.31. The number of benzene rings is 1. The Kier molecular flexibility index (Phi) is 5.01. The Balaban J connectivity index is 3.04. The molecule has 0 amide bonds. The Morgan fingerprint density at radius 2 is 1.85 bits per heavy atom. The maximum atomic E-state index is 3.77. The molecule has 0 radical (unpaired) electrons. The van der Waals surface area contributed by atoms with Gasteiger partial charge in [-0.1, -0.05) is 36.4 Å². The molecule has 1 rings (SSSR count). The van der Waals surface area contributed by atoms with E-state index in [9.17, 15) is 0 Å². The summed E-state index contributed by atoms with van der Waals surface area (Å²) in [5.41, 5.74) is 2.65. The van der Waals surface area contributed by atoms with Crippen LogP contribution in [0, 0.1) is 0 Å². The standard InChI is InChI=1S/C11H10I2/c1-2-6-10(11(12)13)9-7-4-3-5-8-9/h2-5,7-8H,1,6H2. The van der Waals surface area contributed by atoms with Crippen LogP contribution < -0.4 is 0 Å². The summed E-state index contributed by atoms with van der Waals surface area (Å²) in [5.74, 6) is 0. The number of hydrogen-bond donors (Lipinski definition) is 0. The van der Waals surface area contributed by atoms with E-state index in [1.54, 1.807) is 0 Å². The van der Waals surface area contributed by atoms with Crippen molar-refractivity contribution < 1.29 is 0 Å². The van der Waals surface area contributed by atoms with E-state index in [1.807, 2.05) is 12.1 Å². The van der Waals surface area contributed by atoms with Crippen molar-refractivity contribution in [2.45, 2.75) is 6.42 Å². The first-order valence-corrected chi connectivity index (χ1v) is 6.12. The summed E-state index contributed by atoms with van der Waals surface area (Å²) in [6.45, 7) is 3.77. The lowest BCUT2D eigenvalue weighted by molar-refractivity contribution is 1.41. The van der Waals surface area contributed by atoms with Crippen LogP contribution >= 0.6 is 45.2 Å². The fourth-order valence-corrected chi connectivity index (χ4v) is 2.15. The predicted octanol–water partition coefficient (Wildman–Crippen LogP) is 4.80. The molecule has 0 aromatic heterocycles. The lowest BCUT2D eigenvalue weighted by Crippen LogP contribution is -1.82. The van der Waals surface area contributed by atoms with Crippen molar-refractivity contribution in [3.05, 3.63) is 50.1 Å². The monoisotopic (exact) mass is 396 g/mol. The third kappa shape index (κ3) is 3.42. The van der Waals surface area contributed by atoms with Gasteiger partial charge in [0.05, 0.1) is 1.59 Å². The minimum absolute atomic E-state index is 0.936. The maximum absolute atomic E-state index is 3.77. The molecule has 0 fully saturated rings. The zero-order valence-corrected chi connectivity index (χ0v) is 11.4. The molecule has 0 N–H and O–H groups in total. The van der Waals surface area contributed by atoms with E-state index in [1.165, 1.54) is 12.7 Å². The highest BCUT2D eigenvalue weighted by Gasteiger charge is 2.02. The fourth-order valence-electron chi connectivity index (χ4n) is 1.09. The highest BCUT2D eigenvalue weighted by atomic mass is 127. The third-order valence-corrected chi connectivity index (χ3v) is 3.00. The topological polar surface area (TPSA) is 0 Å². The first kappa shape index (κ1) is 11.2. The van der Waals surface area contributed by atoms with E-state index in [2.05, 4.69) is 76.0 Å². The normalized spacial score (nSPS) is 9.38. The van der Waals surface area contributed by atoms with Crippen molar-refractivity contribution in [2.75, 3.05) is 0 Å². The Morgan fingerprint density at radius 1 is 1.23 bits per heavy atom. The van der Waals surface area contributed by atoms with Crippen LogP contribution in [0.2, 0.25) is 0 Å². The minimum atomic E-state index is 0.936. The third-order valence-electron chi connectivity index (χ3n) is 1.70. The second kappa shape index (κ2) is 5.80. The van der Waals surface area contributed by atoms with Crippen LogP contribution in [-0.2, 0) is 0 Å². The number of hydrogen-bond acceptors (Lipinski definition) is 0. The van der Waals surface area contributed by atoms with Crippen LogP contribution in [0.4, 0.5) is 0 Å². The fraction of sp³-hybridized carbons (Fsp3) is 0.0909. The average Bonchev–Trinajstić information content (AvgIpc) is 2.15. The summed E-state index contributed by atoms with van der Waals surface area (Å²) in [5, 5.41) is 0. The van der Waals surface area contributed by atoms with Crippen LogP contribution in [0.5, 0.6) is 0 Å². The molecule has 0 bridgehead atoms. The van der Waals surface area contributed by atoms with Crippen LogP contribution in [0.1, 0.15) is 12.0 Å². The summed E-state index contributed by atoms with van der Waals surface area (Å²) >= 11 is 4.70. The van der Waals surface area contributed by atoms with Crippen LogP contribution in [0.25, 0.3) is 5.57 Å². The van der Waals surface area contributed by atoms with E-state index < -0.39 is 0 Å². The molecule has 0 aliphatic heterocycles. The van der Waals surface area contributed by atoms with Gasteiger partial charge in [-0.25, -0.2) is 0 Å². The second-order valence-corrected chi connectivity index (χ2v) is 6.82. The molecule has 0 aliphatic carbocycles. The zero-order valence-electron chi connectivity index (χ0n) is 7.13. The van der Waals surface area contributed by atoms with Crippen molar-refractivity contribution in [3.63, 3.8) is 0 Å².